The quantitative estimate of drug-likeness (QED) is 0.773. The van der Waals surface area contributed by atoms with E-state index in [1.54, 1.807) is 12.1 Å². The number of carbonyl (C=O) groups is 1. The summed E-state index contributed by atoms with van der Waals surface area (Å²) in [4.78, 5) is 11.2. The predicted molar refractivity (Wildman–Crippen MR) is 80.3 cm³/mol. The SMILES string of the molecule is CCCOc1ccc(Cl)cc1CNC(C(=O)O)C(C)C. The Balaban J connectivity index is 2.79. The maximum Gasteiger partial charge on any atom is 0.320 e. The molecule has 0 radical (unpaired) electrons. The van der Waals surface area contributed by atoms with E-state index in [-0.39, 0.29) is 5.92 Å². The fraction of sp³-hybridized carbons (Fsp3) is 0.533. The highest BCUT2D eigenvalue weighted by molar-refractivity contribution is 6.30. The lowest BCUT2D eigenvalue weighted by Gasteiger charge is -2.19. The number of hydrogen-bond acceptors (Lipinski definition) is 3. The number of aliphatic carboxylic acids is 1. The Morgan fingerprint density at radius 3 is 2.70 bits per heavy atom. The molecule has 0 aromatic heterocycles. The molecule has 0 heterocycles. The average Bonchev–Trinajstić information content (AvgIpc) is 2.37. The summed E-state index contributed by atoms with van der Waals surface area (Å²) in [6.07, 6.45) is 0.916. The van der Waals surface area contributed by atoms with E-state index in [2.05, 4.69) is 5.32 Å². The zero-order valence-electron chi connectivity index (χ0n) is 12.1. The van der Waals surface area contributed by atoms with Crippen LogP contribution >= 0.6 is 11.6 Å². The highest BCUT2D eigenvalue weighted by atomic mass is 35.5. The standard InChI is InChI=1S/C15H22ClNO3/c1-4-7-20-13-6-5-12(16)8-11(13)9-17-14(10(2)3)15(18)19/h5-6,8,10,14,17H,4,7,9H2,1-3H3,(H,18,19). The first-order valence-corrected chi connectivity index (χ1v) is 7.21. The van der Waals surface area contributed by atoms with E-state index in [9.17, 15) is 4.79 Å². The lowest BCUT2D eigenvalue weighted by Crippen LogP contribution is -2.40. The zero-order valence-corrected chi connectivity index (χ0v) is 12.9. The monoisotopic (exact) mass is 299 g/mol. The number of benzene rings is 1. The average molecular weight is 300 g/mol. The van der Waals surface area contributed by atoms with Crippen molar-refractivity contribution in [1.82, 2.24) is 5.32 Å². The van der Waals surface area contributed by atoms with Crippen LogP contribution in [0.4, 0.5) is 0 Å². The molecule has 0 saturated carbocycles. The van der Waals surface area contributed by atoms with Crippen LogP contribution in [0.15, 0.2) is 18.2 Å². The molecule has 0 amide bonds. The summed E-state index contributed by atoms with van der Waals surface area (Å²) in [6, 6.07) is 4.81. The second-order valence-corrected chi connectivity index (χ2v) is 5.48. The number of ether oxygens (including phenoxy) is 1. The van der Waals surface area contributed by atoms with Gasteiger partial charge in [-0.1, -0.05) is 32.4 Å². The molecule has 2 N–H and O–H groups in total. The Morgan fingerprint density at radius 2 is 2.15 bits per heavy atom. The van der Waals surface area contributed by atoms with E-state index in [1.807, 2.05) is 26.8 Å². The van der Waals surface area contributed by atoms with Gasteiger partial charge in [-0.05, 0) is 30.5 Å². The fourth-order valence-electron chi connectivity index (χ4n) is 1.87. The summed E-state index contributed by atoms with van der Waals surface area (Å²) >= 11 is 5.99. The van der Waals surface area contributed by atoms with Gasteiger partial charge in [0.2, 0.25) is 0 Å². The molecule has 20 heavy (non-hydrogen) atoms. The first-order valence-electron chi connectivity index (χ1n) is 6.83. The normalized spacial score (nSPS) is 12.4. The van der Waals surface area contributed by atoms with Crippen molar-refractivity contribution < 1.29 is 14.6 Å². The van der Waals surface area contributed by atoms with Crippen molar-refractivity contribution in [3.63, 3.8) is 0 Å². The molecule has 1 rings (SSSR count). The molecule has 112 valence electrons. The van der Waals surface area contributed by atoms with E-state index in [0.29, 0.717) is 18.2 Å². The smallest absolute Gasteiger partial charge is 0.320 e. The zero-order chi connectivity index (χ0) is 15.1. The first-order chi connectivity index (χ1) is 9.45. The minimum atomic E-state index is -0.849. The third-order valence-corrected chi connectivity index (χ3v) is 3.16. The molecular weight excluding hydrogens is 278 g/mol. The number of rotatable bonds is 8. The maximum absolute atomic E-state index is 11.2. The van der Waals surface area contributed by atoms with E-state index < -0.39 is 12.0 Å². The Morgan fingerprint density at radius 1 is 1.45 bits per heavy atom. The minimum absolute atomic E-state index is 0.00620. The molecule has 0 bridgehead atoms. The molecule has 1 aromatic carbocycles. The van der Waals surface area contributed by atoms with Gasteiger partial charge >= 0.3 is 5.97 Å². The van der Waals surface area contributed by atoms with Crippen LogP contribution in [0.5, 0.6) is 5.75 Å². The van der Waals surface area contributed by atoms with Gasteiger partial charge in [0.1, 0.15) is 11.8 Å². The van der Waals surface area contributed by atoms with Gasteiger partial charge in [-0.25, -0.2) is 0 Å². The molecule has 0 aliphatic rings. The summed E-state index contributed by atoms with van der Waals surface area (Å²) in [5, 5.41) is 12.8. The molecule has 0 aliphatic heterocycles. The lowest BCUT2D eigenvalue weighted by molar-refractivity contribution is -0.140. The maximum atomic E-state index is 11.2. The highest BCUT2D eigenvalue weighted by Gasteiger charge is 2.21. The van der Waals surface area contributed by atoms with Crippen molar-refractivity contribution in [3.8, 4) is 5.75 Å². The first kappa shape index (κ1) is 16.8. The number of halogens is 1. The topological polar surface area (TPSA) is 58.6 Å². The molecule has 1 unspecified atom stereocenters. The van der Waals surface area contributed by atoms with Gasteiger partial charge in [0.05, 0.1) is 6.61 Å². The second kappa shape index (κ2) is 8.12. The van der Waals surface area contributed by atoms with Gasteiger partial charge in [-0.2, -0.15) is 0 Å². The third kappa shape index (κ3) is 5.02. The lowest BCUT2D eigenvalue weighted by atomic mass is 10.0. The van der Waals surface area contributed by atoms with Gasteiger partial charge in [0.15, 0.2) is 0 Å². The van der Waals surface area contributed by atoms with Gasteiger partial charge in [-0.3, -0.25) is 10.1 Å². The number of nitrogens with one attached hydrogen (secondary N) is 1. The van der Waals surface area contributed by atoms with Crippen LogP contribution in [0.3, 0.4) is 0 Å². The van der Waals surface area contributed by atoms with Crippen molar-refractivity contribution in [2.75, 3.05) is 6.61 Å². The van der Waals surface area contributed by atoms with Crippen molar-refractivity contribution in [1.29, 1.82) is 0 Å². The van der Waals surface area contributed by atoms with Gasteiger partial charge < -0.3 is 9.84 Å². The summed E-state index contributed by atoms with van der Waals surface area (Å²) in [5.41, 5.74) is 0.873. The van der Waals surface area contributed by atoms with Gasteiger partial charge in [0.25, 0.3) is 0 Å². The van der Waals surface area contributed by atoms with Crippen LogP contribution in [-0.4, -0.2) is 23.7 Å². The minimum Gasteiger partial charge on any atom is -0.493 e. The molecular formula is C15H22ClNO3. The predicted octanol–water partition coefficient (Wildman–Crippen LogP) is 3.33. The summed E-state index contributed by atoms with van der Waals surface area (Å²) in [7, 11) is 0. The van der Waals surface area contributed by atoms with Crippen molar-refractivity contribution >= 4 is 17.6 Å². The Hall–Kier alpha value is -1.26. The van der Waals surface area contributed by atoms with E-state index >= 15 is 0 Å². The Kier molecular flexibility index (Phi) is 6.82. The Labute approximate surface area is 125 Å². The number of carboxylic acid groups (broad SMARTS) is 1. The molecule has 0 fully saturated rings. The van der Waals surface area contributed by atoms with Crippen molar-refractivity contribution in [2.45, 2.75) is 39.8 Å². The number of carboxylic acids is 1. The molecule has 0 saturated heterocycles. The van der Waals surface area contributed by atoms with E-state index in [1.165, 1.54) is 0 Å². The van der Waals surface area contributed by atoms with Crippen LogP contribution in [0.2, 0.25) is 5.02 Å². The molecule has 5 heteroatoms. The molecule has 1 aromatic rings. The van der Waals surface area contributed by atoms with E-state index in [4.69, 9.17) is 21.4 Å². The van der Waals surface area contributed by atoms with Gasteiger partial charge in [-0.15, -0.1) is 0 Å². The summed E-state index contributed by atoms with van der Waals surface area (Å²) in [5.74, 6) is -0.0959. The summed E-state index contributed by atoms with van der Waals surface area (Å²) in [6.45, 7) is 6.82. The molecule has 0 spiro atoms. The summed E-state index contributed by atoms with van der Waals surface area (Å²) < 4.78 is 5.65. The molecule has 4 nitrogen and oxygen atoms in total. The third-order valence-electron chi connectivity index (χ3n) is 2.93. The van der Waals surface area contributed by atoms with Crippen LogP contribution in [0.1, 0.15) is 32.8 Å². The van der Waals surface area contributed by atoms with Crippen molar-refractivity contribution in [2.24, 2.45) is 5.92 Å². The fourth-order valence-corrected chi connectivity index (χ4v) is 2.06. The molecule has 0 aliphatic carbocycles. The largest absolute Gasteiger partial charge is 0.493 e. The second-order valence-electron chi connectivity index (χ2n) is 5.04. The van der Waals surface area contributed by atoms with Crippen LogP contribution in [0.25, 0.3) is 0 Å². The van der Waals surface area contributed by atoms with Gasteiger partial charge in [0, 0.05) is 17.1 Å². The Bertz CT molecular complexity index is 449. The van der Waals surface area contributed by atoms with Crippen LogP contribution in [-0.2, 0) is 11.3 Å². The number of hydrogen-bond donors (Lipinski definition) is 2. The van der Waals surface area contributed by atoms with E-state index in [0.717, 1.165) is 17.7 Å². The van der Waals surface area contributed by atoms with Crippen molar-refractivity contribution in [3.05, 3.63) is 28.8 Å². The molecule has 1 atom stereocenters. The van der Waals surface area contributed by atoms with Crippen LogP contribution in [0, 0.1) is 5.92 Å². The highest BCUT2D eigenvalue weighted by Crippen LogP contribution is 2.23. The van der Waals surface area contributed by atoms with Crippen LogP contribution < -0.4 is 10.1 Å².